The fraction of sp³-hybridized carbons (Fsp3) is 0.364. The van der Waals surface area contributed by atoms with E-state index in [0.717, 1.165) is 56.1 Å². The molecule has 3 nitrogen and oxygen atoms in total. The summed E-state index contributed by atoms with van der Waals surface area (Å²) in [6, 6.07) is 27.7. The van der Waals surface area contributed by atoms with E-state index in [-0.39, 0.29) is 0 Å². The Morgan fingerprint density at radius 2 is 1.14 bits per heavy atom. The summed E-state index contributed by atoms with van der Waals surface area (Å²) in [5.41, 5.74) is 12.2. The minimum atomic E-state index is 0.988. The van der Waals surface area contributed by atoms with Gasteiger partial charge in [0.2, 0.25) is 0 Å². The molecule has 0 spiro atoms. The van der Waals surface area contributed by atoms with Gasteiger partial charge in [-0.05, 0) is 93.5 Å². The number of thiophene rings is 2. The van der Waals surface area contributed by atoms with E-state index in [1.165, 1.54) is 101 Å². The summed E-state index contributed by atoms with van der Waals surface area (Å²) in [6.45, 7) is 12.3. The van der Waals surface area contributed by atoms with Crippen LogP contribution in [0.5, 0.6) is 0 Å². The van der Waals surface area contributed by atoms with Crippen LogP contribution in [-0.2, 0) is 19.4 Å². The molecular formula is C44H49N3S2. The highest BCUT2D eigenvalue weighted by atomic mass is 32.1. The average molecular weight is 684 g/mol. The van der Waals surface area contributed by atoms with Gasteiger partial charge in [0.15, 0.2) is 0 Å². The van der Waals surface area contributed by atoms with Gasteiger partial charge in [-0.15, -0.1) is 22.7 Å². The Morgan fingerprint density at radius 1 is 0.551 bits per heavy atom. The van der Waals surface area contributed by atoms with Crippen molar-refractivity contribution in [3.05, 3.63) is 94.6 Å². The van der Waals surface area contributed by atoms with Crippen LogP contribution < -0.4 is 0 Å². The van der Waals surface area contributed by atoms with Crippen molar-refractivity contribution in [3.63, 3.8) is 0 Å². The predicted molar refractivity (Wildman–Crippen MR) is 215 cm³/mol. The summed E-state index contributed by atoms with van der Waals surface area (Å²) in [6.07, 6.45) is 11.6. The molecule has 7 rings (SSSR count). The van der Waals surface area contributed by atoms with Crippen molar-refractivity contribution in [1.82, 2.24) is 14.5 Å². The zero-order valence-corrected chi connectivity index (χ0v) is 31.5. The van der Waals surface area contributed by atoms with Crippen LogP contribution in [0.3, 0.4) is 0 Å². The summed E-state index contributed by atoms with van der Waals surface area (Å²) in [5, 5.41) is 2.71. The number of aromatic nitrogens is 3. The molecule has 4 aromatic heterocycles. The molecule has 0 amide bonds. The van der Waals surface area contributed by atoms with E-state index in [1.54, 1.807) is 0 Å². The van der Waals surface area contributed by atoms with Gasteiger partial charge in [-0.25, -0.2) is 9.97 Å². The second kappa shape index (κ2) is 15.0. The van der Waals surface area contributed by atoms with E-state index in [0.29, 0.717) is 0 Å². The number of fused-ring (bicyclic) bond motifs is 4. The zero-order chi connectivity index (χ0) is 33.9. The van der Waals surface area contributed by atoms with Crippen molar-refractivity contribution >= 4 is 55.5 Å². The number of benzene rings is 3. The highest BCUT2D eigenvalue weighted by Crippen LogP contribution is 2.42. The first-order valence-corrected chi connectivity index (χ1v) is 20.1. The minimum absolute atomic E-state index is 0.988. The second-order valence-electron chi connectivity index (χ2n) is 13.7. The number of hydrogen-bond acceptors (Lipinski definition) is 4. The monoisotopic (exact) mass is 683 g/mol. The molecule has 0 aliphatic carbocycles. The molecule has 49 heavy (non-hydrogen) atoms. The first kappa shape index (κ1) is 33.7. The maximum absolute atomic E-state index is 5.49. The molecule has 4 heterocycles. The molecule has 0 saturated carbocycles. The highest BCUT2D eigenvalue weighted by Gasteiger charge is 2.19. The Kier molecular flexibility index (Phi) is 10.3. The summed E-state index contributed by atoms with van der Waals surface area (Å²) >= 11 is 3.72. The van der Waals surface area contributed by atoms with Crippen molar-refractivity contribution in [2.45, 2.75) is 105 Å². The lowest BCUT2D eigenvalue weighted by Gasteiger charge is -2.14. The fourth-order valence-electron chi connectivity index (χ4n) is 7.20. The number of unbranched alkanes of at least 4 members (excludes halogenated alkanes) is 5. The van der Waals surface area contributed by atoms with Crippen molar-refractivity contribution in [1.29, 1.82) is 0 Å². The lowest BCUT2D eigenvalue weighted by Crippen LogP contribution is -2.04. The molecular weight excluding hydrogens is 635 g/mol. The molecule has 0 bridgehead atoms. The van der Waals surface area contributed by atoms with Gasteiger partial charge in [-0.2, -0.15) is 0 Å². The highest BCUT2D eigenvalue weighted by molar-refractivity contribution is 7.19. The third kappa shape index (κ3) is 6.85. The van der Waals surface area contributed by atoms with Crippen LogP contribution >= 0.6 is 22.7 Å². The van der Waals surface area contributed by atoms with E-state index in [9.17, 15) is 0 Å². The van der Waals surface area contributed by atoms with Crippen LogP contribution in [0.1, 0.15) is 94.0 Å². The Bertz CT molecular complexity index is 2230. The Labute approximate surface area is 300 Å². The maximum atomic E-state index is 5.49. The van der Waals surface area contributed by atoms with Gasteiger partial charge in [-0.3, -0.25) is 0 Å². The van der Waals surface area contributed by atoms with E-state index < -0.39 is 0 Å². The SMILES string of the molecule is CCCCCCn1c2cc(C)ccc2c2ccc(-c3ccc(-c4ccc(-c5ccc(C)s5)c5nc(CCCC)c(CCCC)nc45)s3)cc21. The number of nitrogens with zero attached hydrogens (tertiary/aromatic N) is 3. The zero-order valence-electron chi connectivity index (χ0n) is 29.9. The Morgan fingerprint density at radius 3 is 1.78 bits per heavy atom. The first-order chi connectivity index (χ1) is 24.0. The molecule has 0 radical (unpaired) electrons. The van der Waals surface area contributed by atoms with Gasteiger partial charge >= 0.3 is 0 Å². The minimum Gasteiger partial charge on any atom is -0.340 e. The molecule has 0 saturated heterocycles. The molecule has 0 unspecified atom stereocenters. The third-order valence-corrected chi connectivity index (χ3v) is 12.1. The molecule has 0 aliphatic heterocycles. The van der Waals surface area contributed by atoms with Gasteiger partial charge < -0.3 is 4.57 Å². The summed E-state index contributed by atoms with van der Waals surface area (Å²) in [7, 11) is 0. The second-order valence-corrected chi connectivity index (χ2v) is 16.1. The normalized spacial score (nSPS) is 11.9. The standard InChI is InChI=1S/C44H49N3S2/c1-6-9-12-13-26-47-38-27-29(4)16-19-32(38)33-20-18-31(28-39(33)47)40-24-25-42(49-40)35-22-21-34(41-23-17-30(5)48-41)43-44(35)46-37(15-11-8-3)36(45-43)14-10-7-2/h16-25,27-28H,6-15,26H2,1-5H3. The summed E-state index contributed by atoms with van der Waals surface area (Å²) in [5.74, 6) is 0. The Balaban J connectivity index is 1.33. The lowest BCUT2D eigenvalue weighted by molar-refractivity contribution is 0.602. The lowest BCUT2D eigenvalue weighted by atomic mass is 10.0. The first-order valence-electron chi connectivity index (χ1n) is 18.5. The number of aryl methyl sites for hydroxylation is 5. The van der Waals surface area contributed by atoms with E-state index in [1.807, 2.05) is 22.7 Å². The molecule has 252 valence electrons. The van der Waals surface area contributed by atoms with E-state index in [2.05, 4.69) is 112 Å². The van der Waals surface area contributed by atoms with Crippen molar-refractivity contribution in [3.8, 4) is 31.3 Å². The third-order valence-electron chi connectivity index (χ3n) is 9.93. The summed E-state index contributed by atoms with van der Waals surface area (Å²) < 4.78 is 2.58. The van der Waals surface area contributed by atoms with E-state index in [4.69, 9.17) is 9.97 Å². The smallest absolute Gasteiger partial charge is 0.0983 e. The van der Waals surface area contributed by atoms with Crippen LogP contribution in [0.4, 0.5) is 0 Å². The molecule has 0 N–H and O–H groups in total. The van der Waals surface area contributed by atoms with E-state index >= 15 is 0 Å². The fourth-order valence-corrected chi connectivity index (χ4v) is 9.13. The largest absolute Gasteiger partial charge is 0.340 e. The van der Waals surface area contributed by atoms with Crippen LogP contribution in [0.2, 0.25) is 0 Å². The molecule has 3 aromatic carbocycles. The van der Waals surface area contributed by atoms with Gasteiger partial charge in [-0.1, -0.05) is 89.3 Å². The molecule has 0 aliphatic rings. The Hall–Kier alpha value is -3.80. The predicted octanol–water partition coefficient (Wildman–Crippen LogP) is 13.7. The van der Waals surface area contributed by atoms with Crippen molar-refractivity contribution in [2.24, 2.45) is 0 Å². The van der Waals surface area contributed by atoms with Crippen molar-refractivity contribution < 1.29 is 0 Å². The number of hydrogen-bond donors (Lipinski definition) is 0. The van der Waals surface area contributed by atoms with Gasteiger partial charge in [0.1, 0.15) is 0 Å². The molecule has 7 aromatic rings. The summed E-state index contributed by atoms with van der Waals surface area (Å²) in [4.78, 5) is 16.1. The van der Waals surface area contributed by atoms with Crippen LogP contribution in [0.25, 0.3) is 64.2 Å². The van der Waals surface area contributed by atoms with Crippen LogP contribution in [0.15, 0.2) is 72.8 Å². The average Bonchev–Trinajstić information content (AvgIpc) is 3.85. The van der Waals surface area contributed by atoms with Gasteiger partial charge in [0.05, 0.1) is 22.4 Å². The molecule has 5 heteroatoms. The topological polar surface area (TPSA) is 30.7 Å². The van der Waals surface area contributed by atoms with Crippen molar-refractivity contribution in [2.75, 3.05) is 0 Å². The number of rotatable bonds is 14. The van der Waals surface area contributed by atoms with Crippen LogP contribution in [0, 0.1) is 13.8 Å². The maximum Gasteiger partial charge on any atom is 0.0983 e. The van der Waals surface area contributed by atoms with Gasteiger partial charge in [0, 0.05) is 59.0 Å². The molecule has 0 fully saturated rings. The molecule has 0 atom stereocenters. The van der Waals surface area contributed by atoms with Gasteiger partial charge in [0.25, 0.3) is 0 Å². The van der Waals surface area contributed by atoms with Crippen LogP contribution in [-0.4, -0.2) is 14.5 Å². The quantitative estimate of drug-likeness (QED) is 0.107.